The lowest BCUT2D eigenvalue weighted by Gasteiger charge is -2.32. The number of nitrogens with zero attached hydrogens (tertiary/aromatic N) is 2. The number of hydrogen-bond donors (Lipinski definition) is 1. The molecule has 2 amide bonds. The quantitative estimate of drug-likeness (QED) is 0.365. The summed E-state index contributed by atoms with van der Waals surface area (Å²) in [4.78, 5) is 28.6. The van der Waals surface area contributed by atoms with E-state index in [-0.39, 0.29) is 23.3 Å². The van der Waals surface area contributed by atoms with E-state index >= 15 is 0 Å². The van der Waals surface area contributed by atoms with Gasteiger partial charge < -0.3 is 10.2 Å². The van der Waals surface area contributed by atoms with Crippen molar-refractivity contribution in [3.63, 3.8) is 0 Å². The molecule has 7 nitrogen and oxygen atoms in total. The summed E-state index contributed by atoms with van der Waals surface area (Å²) in [6.45, 7) is 11.7. The fourth-order valence-corrected chi connectivity index (χ4v) is 5.60. The van der Waals surface area contributed by atoms with Gasteiger partial charge in [-0.05, 0) is 74.6 Å². The Morgan fingerprint density at radius 1 is 0.846 bits per heavy atom. The van der Waals surface area contributed by atoms with Gasteiger partial charge in [-0.25, -0.2) is 8.42 Å². The molecule has 0 heterocycles. The highest BCUT2D eigenvalue weighted by Crippen LogP contribution is 2.26. The number of benzene rings is 3. The molecule has 208 valence electrons. The summed E-state index contributed by atoms with van der Waals surface area (Å²) in [5.41, 5.74) is 4.20. The topological polar surface area (TPSA) is 86.8 Å². The molecule has 0 aliphatic rings. The van der Waals surface area contributed by atoms with Crippen LogP contribution in [-0.2, 0) is 26.2 Å². The van der Waals surface area contributed by atoms with Crippen LogP contribution in [0.15, 0.2) is 77.7 Å². The fourth-order valence-electron chi connectivity index (χ4n) is 4.17. The predicted octanol–water partition coefficient (Wildman–Crippen LogP) is 5.00. The van der Waals surface area contributed by atoms with Gasteiger partial charge in [0.25, 0.3) is 10.0 Å². The van der Waals surface area contributed by atoms with Crippen molar-refractivity contribution in [2.24, 2.45) is 5.92 Å². The molecule has 0 unspecified atom stereocenters. The van der Waals surface area contributed by atoms with Gasteiger partial charge in [0.1, 0.15) is 12.6 Å². The summed E-state index contributed by atoms with van der Waals surface area (Å²) in [6, 6.07) is 20.3. The Labute approximate surface area is 232 Å². The maximum atomic E-state index is 14.0. The minimum absolute atomic E-state index is 0.0870. The number of rotatable bonds is 11. The van der Waals surface area contributed by atoms with Gasteiger partial charge >= 0.3 is 0 Å². The second-order valence-corrected chi connectivity index (χ2v) is 12.3. The number of hydrogen-bond acceptors (Lipinski definition) is 4. The Balaban J connectivity index is 2.03. The minimum Gasteiger partial charge on any atom is -0.354 e. The summed E-state index contributed by atoms with van der Waals surface area (Å²) < 4.78 is 28.8. The number of anilines is 1. The van der Waals surface area contributed by atoms with E-state index in [1.807, 2.05) is 65.0 Å². The number of carbonyl (C=O) groups is 2. The number of nitrogens with one attached hydrogen (secondary N) is 1. The van der Waals surface area contributed by atoms with Crippen LogP contribution in [0, 0.1) is 26.7 Å². The van der Waals surface area contributed by atoms with E-state index in [0.717, 1.165) is 26.6 Å². The molecule has 0 fully saturated rings. The molecule has 0 aliphatic heterocycles. The monoisotopic (exact) mass is 549 g/mol. The van der Waals surface area contributed by atoms with Crippen molar-refractivity contribution in [3.8, 4) is 0 Å². The molecule has 0 spiro atoms. The molecular weight excluding hydrogens is 510 g/mol. The third-order valence-corrected chi connectivity index (χ3v) is 8.46. The molecule has 0 bridgehead atoms. The molecular formula is C31H39N3O4S. The molecule has 0 saturated heterocycles. The molecule has 3 rings (SSSR count). The van der Waals surface area contributed by atoms with Gasteiger partial charge in [0.15, 0.2) is 0 Å². The highest BCUT2D eigenvalue weighted by molar-refractivity contribution is 7.92. The Kier molecular flexibility index (Phi) is 9.92. The van der Waals surface area contributed by atoms with Crippen LogP contribution in [-0.4, -0.2) is 44.3 Å². The zero-order valence-corrected chi connectivity index (χ0v) is 24.5. The van der Waals surface area contributed by atoms with Gasteiger partial charge in [-0.2, -0.15) is 0 Å². The zero-order valence-electron chi connectivity index (χ0n) is 23.6. The highest BCUT2D eigenvalue weighted by Gasteiger charge is 2.32. The molecule has 1 N–H and O–H groups in total. The van der Waals surface area contributed by atoms with Crippen molar-refractivity contribution in [2.45, 2.75) is 59.0 Å². The average Bonchev–Trinajstić information content (AvgIpc) is 2.90. The number of aryl methyl sites for hydroxylation is 3. The van der Waals surface area contributed by atoms with Crippen LogP contribution >= 0.6 is 0 Å². The largest absolute Gasteiger partial charge is 0.354 e. The van der Waals surface area contributed by atoms with E-state index in [9.17, 15) is 18.0 Å². The maximum Gasteiger partial charge on any atom is 0.264 e. The van der Waals surface area contributed by atoms with Crippen LogP contribution in [0.3, 0.4) is 0 Å². The molecule has 3 aromatic rings. The van der Waals surface area contributed by atoms with E-state index in [1.165, 1.54) is 17.0 Å². The zero-order chi connectivity index (χ0) is 28.7. The van der Waals surface area contributed by atoms with Crippen molar-refractivity contribution < 1.29 is 18.0 Å². The van der Waals surface area contributed by atoms with Gasteiger partial charge in [0, 0.05) is 13.1 Å². The van der Waals surface area contributed by atoms with Crippen molar-refractivity contribution in [1.82, 2.24) is 10.2 Å². The second kappa shape index (κ2) is 12.9. The number of amides is 2. The predicted molar refractivity (Wildman–Crippen MR) is 156 cm³/mol. The van der Waals surface area contributed by atoms with Crippen molar-refractivity contribution >= 4 is 27.5 Å². The number of sulfonamides is 1. The third-order valence-electron chi connectivity index (χ3n) is 6.68. The van der Waals surface area contributed by atoms with E-state index in [4.69, 9.17) is 0 Å². The average molecular weight is 550 g/mol. The van der Waals surface area contributed by atoms with Gasteiger partial charge in [0.2, 0.25) is 11.8 Å². The van der Waals surface area contributed by atoms with Gasteiger partial charge in [0.05, 0.1) is 10.6 Å². The van der Waals surface area contributed by atoms with E-state index in [2.05, 4.69) is 5.32 Å². The lowest BCUT2D eigenvalue weighted by molar-refractivity contribution is -0.139. The molecule has 39 heavy (non-hydrogen) atoms. The van der Waals surface area contributed by atoms with Crippen molar-refractivity contribution in [3.05, 3.63) is 95.1 Å². The Morgan fingerprint density at radius 2 is 1.54 bits per heavy atom. The summed E-state index contributed by atoms with van der Waals surface area (Å²) in [7, 11) is -4.07. The molecule has 0 radical (unpaired) electrons. The van der Waals surface area contributed by atoms with Crippen molar-refractivity contribution in [1.29, 1.82) is 0 Å². The highest BCUT2D eigenvalue weighted by atomic mass is 32.2. The first-order chi connectivity index (χ1) is 18.4. The first kappa shape index (κ1) is 29.9. The summed E-state index contributed by atoms with van der Waals surface area (Å²) in [5, 5.41) is 2.90. The van der Waals surface area contributed by atoms with Gasteiger partial charge in [-0.15, -0.1) is 0 Å². The van der Waals surface area contributed by atoms with Crippen LogP contribution in [0.1, 0.15) is 43.0 Å². The summed E-state index contributed by atoms with van der Waals surface area (Å²) in [6.07, 6.45) is 0. The minimum atomic E-state index is -4.07. The van der Waals surface area contributed by atoms with Crippen LogP contribution < -0.4 is 9.62 Å². The van der Waals surface area contributed by atoms with E-state index in [0.29, 0.717) is 12.2 Å². The molecule has 1 atom stereocenters. The third kappa shape index (κ3) is 7.69. The van der Waals surface area contributed by atoms with Crippen LogP contribution in [0.2, 0.25) is 0 Å². The molecule has 3 aromatic carbocycles. The lowest BCUT2D eigenvalue weighted by Crippen LogP contribution is -2.51. The first-order valence-corrected chi connectivity index (χ1v) is 14.6. The number of carbonyl (C=O) groups excluding carboxylic acids is 2. The van der Waals surface area contributed by atoms with Gasteiger partial charge in [-0.1, -0.05) is 67.9 Å². The normalized spacial score (nSPS) is 12.2. The Hall–Kier alpha value is -3.65. The molecule has 8 heteroatoms. The van der Waals surface area contributed by atoms with Gasteiger partial charge in [-0.3, -0.25) is 13.9 Å². The summed E-state index contributed by atoms with van der Waals surface area (Å²) >= 11 is 0. The second-order valence-electron chi connectivity index (χ2n) is 10.4. The Morgan fingerprint density at radius 3 is 2.15 bits per heavy atom. The smallest absolute Gasteiger partial charge is 0.264 e. The standard InChI is InChI=1S/C31H39N3O4S/c1-22(2)19-32-31(36)26(6)33(20-27-12-10-11-23(3)17-27)30(35)21-34(28-16-15-24(4)25(5)18-28)39(37,38)29-13-8-7-9-14-29/h7-18,22,26H,19-21H2,1-6H3,(H,32,36)/t26-/m0/s1. The molecule has 0 aliphatic carbocycles. The maximum absolute atomic E-state index is 14.0. The lowest BCUT2D eigenvalue weighted by atomic mass is 10.1. The first-order valence-electron chi connectivity index (χ1n) is 13.2. The SMILES string of the molecule is Cc1cccc(CN(C(=O)CN(c2ccc(C)c(C)c2)S(=O)(=O)c2ccccc2)[C@@H](C)C(=O)NCC(C)C)c1. The van der Waals surface area contributed by atoms with E-state index < -0.39 is 28.5 Å². The van der Waals surface area contributed by atoms with E-state index in [1.54, 1.807) is 37.3 Å². The summed E-state index contributed by atoms with van der Waals surface area (Å²) in [5.74, 6) is -0.506. The van der Waals surface area contributed by atoms with Crippen molar-refractivity contribution in [2.75, 3.05) is 17.4 Å². The van der Waals surface area contributed by atoms with Crippen LogP contribution in [0.4, 0.5) is 5.69 Å². The van der Waals surface area contributed by atoms with Crippen LogP contribution in [0.5, 0.6) is 0 Å². The van der Waals surface area contributed by atoms with Crippen LogP contribution in [0.25, 0.3) is 0 Å². The molecule has 0 saturated carbocycles. The Bertz CT molecular complexity index is 1400. The fraction of sp³-hybridized carbons (Fsp3) is 0.355. The molecule has 0 aromatic heterocycles.